The number of nitrogens with zero attached hydrogens (tertiary/aromatic N) is 2. The lowest BCUT2D eigenvalue weighted by atomic mass is 9.96. The van der Waals surface area contributed by atoms with Crippen LogP contribution in [0.1, 0.15) is 36.2 Å². The van der Waals surface area contributed by atoms with Gasteiger partial charge in [-0.2, -0.15) is 5.10 Å². The molecule has 1 atom stereocenters. The number of ketones is 1. The zero-order chi connectivity index (χ0) is 17.9. The van der Waals surface area contributed by atoms with Gasteiger partial charge in [-0.25, -0.2) is 9.48 Å². The van der Waals surface area contributed by atoms with E-state index >= 15 is 0 Å². The number of thiophene rings is 1. The second-order valence-electron chi connectivity index (χ2n) is 6.25. The summed E-state index contributed by atoms with van der Waals surface area (Å²) in [5.74, 6) is -0.502. The molecule has 0 radical (unpaired) electrons. The fourth-order valence-corrected chi connectivity index (χ4v) is 3.78. The van der Waals surface area contributed by atoms with Crippen molar-refractivity contribution < 1.29 is 14.3 Å². The molecule has 0 saturated heterocycles. The molecule has 3 aromatic rings. The fraction of sp³-hybridized carbons (Fsp3) is 0.250. The Hall–Kier alpha value is -2.73. The van der Waals surface area contributed by atoms with Gasteiger partial charge in [0, 0.05) is 12.5 Å². The third-order valence-corrected chi connectivity index (χ3v) is 5.33. The summed E-state index contributed by atoms with van der Waals surface area (Å²) in [5, 5.41) is 6.57. The van der Waals surface area contributed by atoms with Crippen molar-refractivity contribution in [2.75, 3.05) is 0 Å². The van der Waals surface area contributed by atoms with E-state index in [1.165, 1.54) is 0 Å². The molecule has 6 heteroatoms. The Morgan fingerprint density at radius 2 is 2.00 bits per heavy atom. The topological polar surface area (TPSA) is 61.2 Å². The lowest BCUT2D eigenvalue weighted by Crippen LogP contribution is -2.30. The van der Waals surface area contributed by atoms with Gasteiger partial charge < -0.3 is 4.74 Å². The van der Waals surface area contributed by atoms with Crippen LogP contribution >= 0.6 is 11.3 Å². The molecular formula is C20H18N2O3S. The Labute approximate surface area is 155 Å². The van der Waals surface area contributed by atoms with E-state index in [-0.39, 0.29) is 5.78 Å². The van der Waals surface area contributed by atoms with Crippen LogP contribution in [0.25, 0.3) is 16.3 Å². The van der Waals surface area contributed by atoms with Gasteiger partial charge in [0.05, 0.1) is 10.6 Å². The second kappa shape index (κ2) is 7.25. The first kappa shape index (κ1) is 16.7. The SMILES string of the molecule is O=C(O[C@@H]1CCCCC1=O)c1cc(-c2cccs2)nn1-c1ccccc1. The summed E-state index contributed by atoms with van der Waals surface area (Å²) in [4.78, 5) is 25.8. The van der Waals surface area contributed by atoms with Gasteiger partial charge >= 0.3 is 5.97 Å². The van der Waals surface area contributed by atoms with Gasteiger partial charge in [-0.3, -0.25) is 4.79 Å². The highest BCUT2D eigenvalue weighted by atomic mass is 32.1. The van der Waals surface area contributed by atoms with Gasteiger partial charge in [0.25, 0.3) is 0 Å². The number of hydrogen-bond donors (Lipinski definition) is 0. The van der Waals surface area contributed by atoms with Crippen molar-refractivity contribution in [1.29, 1.82) is 0 Å². The van der Waals surface area contributed by atoms with Crippen molar-refractivity contribution in [2.24, 2.45) is 0 Å². The summed E-state index contributed by atoms with van der Waals surface area (Å²) < 4.78 is 7.12. The highest BCUT2D eigenvalue weighted by molar-refractivity contribution is 7.13. The number of ether oxygens (including phenoxy) is 1. The molecule has 2 heterocycles. The number of para-hydroxylation sites is 1. The van der Waals surface area contributed by atoms with Crippen LogP contribution in [0.4, 0.5) is 0 Å². The molecule has 1 aliphatic carbocycles. The number of carbonyl (C=O) groups excluding carboxylic acids is 2. The average Bonchev–Trinajstić information content (AvgIpc) is 3.34. The summed E-state index contributed by atoms with van der Waals surface area (Å²) in [7, 11) is 0. The van der Waals surface area contributed by atoms with Crippen LogP contribution in [-0.4, -0.2) is 27.6 Å². The van der Waals surface area contributed by atoms with Crippen molar-refractivity contribution in [2.45, 2.75) is 31.8 Å². The third kappa shape index (κ3) is 3.32. The van der Waals surface area contributed by atoms with Crippen molar-refractivity contribution in [1.82, 2.24) is 9.78 Å². The highest BCUT2D eigenvalue weighted by Gasteiger charge is 2.28. The van der Waals surface area contributed by atoms with Crippen molar-refractivity contribution in [3.8, 4) is 16.3 Å². The summed E-state index contributed by atoms with van der Waals surface area (Å²) in [6.45, 7) is 0. The Balaban J connectivity index is 1.69. The highest BCUT2D eigenvalue weighted by Crippen LogP contribution is 2.27. The zero-order valence-electron chi connectivity index (χ0n) is 14.1. The smallest absolute Gasteiger partial charge is 0.357 e. The molecule has 1 aliphatic rings. The lowest BCUT2D eigenvalue weighted by molar-refractivity contribution is -0.129. The molecule has 1 saturated carbocycles. The van der Waals surface area contributed by atoms with Crippen LogP contribution in [0.3, 0.4) is 0 Å². The molecule has 0 spiro atoms. The van der Waals surface area contributed by atoms with E-state index in [1.54, 1.807) is 22.1 Å². The van der Waals surface area contributed by atoms with Crippen LogP contribution in [0.15, 0.2) is 53.9 Å². The van der Waals surface area contributed by atoms with Gasteiger partial charge in [-0.15, -0.1) is 11.3 Å². The number of benzene rings is 1. The molecule has 1 fully saturated rings. The van der Waals surface area contributed by atoms with Gasteiger partial charge in [0.1, 0.15) is 5.69 Å². The van der Waals surface area contributed by atoms with E-state index < -0.39 is 12.1 Å². The van der Waals surface area contributed by atoms with Crippen LogP contribution in [0, 0.1) is 0 Å². The Morgan fingerprint density at radius 3 is 2.73 bits per heavy atom. The van der Waals surface area contributed by atoms with E-state index in [1.807, 2.05) is 47.8 Å². The normalized spacial score (nSPS) is 17.2. The maximum atomic E-state index is 12.8. The van der Waals surface area contributed by atoms with Crippen LogP contribution < -0.4 is 0 Å². The lowest BCUT2D eigenvalue weighted by Gasteiger charge is -2.20. The van der Waals surface area contributed by atoms with E-state index in [0.717, 1.165) is 23.4 Å². The van der Waals surface area contributed by atoms with Crippen molar-refractivity contribution >= 4 is 23.1 Å². The molecular weight excluding hydrogens is 348 g/mol. The van der Waals surface area contributed by atoms with Crippen LogP contribution in [-0.2, 0) is 9.53 Å². The number of esters is 1. The molecule has 0 bridgehead atoms. The number of hydrogen-bond acceptors (Lipinski definition) is 5. The summed E-state index contributed by atoms with van der Waals surface area (Å²) in [6, 6.07) is 15.1. The van der Waals surface area contributed by atoms with Crippen LogP contribution in [0.5, 0.6) is 0 Å². The number of aromatic nitrogens is 2. The Bertz CT molecular complexity index is 916. The van der Waals surface area contributed by atoms with Crippen molar-refractivity contribution in [3.63, 3.8) is 0 Å². The summed E-state index contributed by atoms with van der Waals surface area (Å²) in [5.41, 5.74) is 1.82. The van der Waals surface area contributed by atoms with E-state index in [0.29, 0.717) is 24.2 Å². The predicted molar refractivity (Wildman–Crippen MR) is 99.6 cm³/mol. The minimum Gasteiger partial charge on any atom is -0.450 e. The minimum atomic E-state index is -0.638. The maximum Gasteiger partial charge on any atom is 0.357 e. The molecule has 132 valence electrons. The van der Waals surface area contributed by atoms with Crippen LogP contribution in [0.2, 0.25) is 0 Å². The van der Waals surface area contributed by atoms with Gasteiger partial charge in [0.15, 0.2) is 17.6 Å². The first-order valence-corrected chi connectivity index (χ1v) is 9.53. The zero-order valence-corrected chi connectivity index (χ0v) is 14.9. The Kier molecular flexibility index (Phi) is 4.67. The monoisotopic (exact) mass is 366 g/mol. The summed E-state index contributed by atoms with van der Waals surface area (Å²) >= 11 is 1.56. The number of rotatable bonds is 4. The molecule has 2 aromatic heterocycles. The molecule has 0 unspecified atom stereocenters. The maximum absolute atomic E-state index is 12.8. The van der Waals surface area contributed by atoms with E-state index in [9.17, 15) is 9.59 Å². The standard InChI is InChI=1S/C20H18N2O3S/c23-17-9-4-5-10-18(17)25-20(24)16-13-15(19-11-6-12-26-19)21-22(16)14-7-2-1-3-8-14/h1-3,6-8,11-13,18H,4-5,9-10H2/t18-/m1/s1. The fourth-order valence-electron chi connectivity index (χ4n) is 3.10. The molecule has 1 aromatic carbocycles. The first-order valence-electron chi connectivity index (χ1n) is 8.65. The molecule has 0 aliphatic heterocycles. The van der Waals surface area contributed by atoms with Gasteiger partial charge in [0.2, 0.25) is 0 Å². The largest absolute Gasteiger partial charge is 0.450 e. The van der Waals surface area contributed by atoms with Crippen molar-refractivity contribution in [3.05, 3.63) is 59.6 Å². The Morgan fingerprint density at radius 1 is 1.15 bits per heavy atom. The quantitative estimate of drug-likeness (QED) is 0.647. The second-order valence-corrected chi connectivity index (χ2v) is 7.19. The van der Waals surface area contributed by atoms with Gasteiger partial charge in [-0.1, -0.05) is 24.3 Å². The average molecular weight is 366 g/mol. The van der Waals surface area contributed by atoms with E-state index in [4.69, 9.17) is 4.74 Å². The molecule has 0 N–H and O–H groups in total. The number of carbonyl (C=O) groups is 2. The summed E-state index contributed by atoms with van der Waals surface area (Å²) in [6.07, 6.45) is 2.22. The predicted octanol–water partition coefficient (Wildman–Crippen LogP) is 4.27. The van der Waals surface area contributed by atoms with E-state index in [2.05, 4.69) is 5.10 Å². The molecule has 0 amide bonds. The molecule has 26 heavy (non-hydrogen) atoms. The number of Topliss-reactive ketones (excluding diaryl/α,β-unsaturated/α-hetero) is 1. The molecule has 4 rings (SSSR count). The third-order valence-electron chi connectivity index (χ3n) is 4.44. The molecule has 5 nitrogen and oxygen atoms in total. The van der Waals surface area contributed by atoms with Gasteiger partial charge in [-0.05, 0) is 42.8 Å². The first-order chi connectivity index (χ1) is 12.7. The minimum absolute atomic E-state index is 0.00820.